The molecule has 0 fully saturated rings. The highest BCUT2D eigenvalue weighted by Gasteiger charge is 2.31. The molecule has 3 heterocycles. The van der Waals surface area contributed by atoms with Crippen molar-refractivity contribution in [2.45, 2.75) is 0 Å². The van der Waals surface area contributed by atoms with Gasteiger partial charge in [0, 0.05) is 24.8 Å². The van der Waals surface area contributed by atoms with Gasteiger partial charge >= 0.3 is 0 Å². The van der Waals surface area contributed by atoms with Crippen LogP contribution in [0.25, 0.3) is 11.0 Å². The first-order chi connectivity index (χ1) is 10.7. The number of amides is 2. The lowest BCUT2D eigenvalue weighted by atomic mass is 10.1. The van der Waals surface area contributed by atoms with Gasteiger partial charge in [0.1, 0.15) is 0 Å². The zero-order valence-corrected chi connectivity index (χ0v) is 11.9. The van der Waals surface area contributed by atoms with Crippen LogP contribution in [0.4, 0.5) is 0 Å². The monoisotopic (exact) mass is 291 g/mol. The molecule has 5 heteroatoms. The Morgan fingerprint density at radius 2 is 1.27 bits per heavy atom. The minimum atomic E-state index is -0.212. The van der Waals surface area contributed by atoms with Gasteiger partial charge in [-0.05, 0) is 36.4 Å². The zero-order chi connectivity index (χ0) is 15.5. The lowest BCUT2D eigenvalue weighted by molar-refractivity contribution is 0.0693. The number of nitrogens with zero attached hydrogens (tertiary/aromatic N) is 3. The summed E-state index contributed by atoms with van der Waals surface area (Å²) in [5.41, 5.74) is 1.82. The van der Waals surface area contributed by atoms with Gasteiger partial charge in [-0.15, -0.1) is 0 Å². The number of carbonyl (C=O) groups is 2. The average molecular weight is 291 g/mol. The van der Waals surface area contributed by atoms with Crippen LogP contribution in [0.5, 0.6) is 0 Å². The van der Waals surface area contributed by atoms with E-state index in [2.05, 4.69) is 9.97 Å². The molecule has 0 atom stereocenters. The first kappa shape index (κ1) is 13.9. The van der Waals surface area contributed by atoms with Crippen molar-refractivity contribution in [3.63, 3.8) is 0 Å². The van der Waals surface area contributed by atoms with Crippen LogP contribution in [0.1, 0.15) is 20.7 Å². The fourth-order valence-corrected chi connectivity index (χ4v) is 2.22. The first-order valence-corrected chi connectivity index (χ1v) is 6.75. The van der Waals surface area contributed by atoms with E-state index in [1.54, 1.807) is 36.7 Å². The van der Waals surface area contributed by atoms with Crippen LogP contribution in [0.15, 0.2) is 60.9 Å². The van der Waals surface area contributed by atoms with Gasteiger partial charge in [-0.2, -0.15) is 0 Å². The van der Waals surface area contributed by atoms with Crippen molar-refractivity contribution in [1.82, 2.24) is 14.9 Å². The second kappa shape index (κ2) is 5.73. The van der Waals surface area contributed by atoms with E-state index in [1.807, 2.05) is 24.3 Å². The Balaban J connectivity index is 0.000000133. The van der Waals surface area contributed by atoms with E-state index in [1.165, 1.54) is 7.05 Å². The number of carbonyl (C=O) groups excluding carboxylic acids is 2. The summed E-state index contributed by atoms with van der Waals surface area (Å²) < 4.78 is 0. The number of fused-ring (bicyclic) bond motifs is 2. The molecular weight excluding hydrogens is 278 g/mol. The van der Waals surface area contributed by atoms with E-state index in [0.29, 0.717) is 11.1 Å². The van der Waals surface area contributed by atoms with E-state index < -0.39 is 0 Å². The van der Waals surface area contributed by atoms with Crippen molar-refractivity contribution in [2.75, 3.05) is 7.05 Å². The van der Waals surface area contributed by atoms with Crippen molar-refractivity contribution in [2.24, 2.45) is 0 Å². The quantitative estimate of drug-likeness (QED) is 0.597. The largest absolute Gasteiger partial charge is 0.277 e. The first-order valence-electron chi connectivity index (χ1n) is 6.75. The van der Waals surface area contributed by atoms with Crippen LogP contribution in [0, 0.1) is 0 Å². The van der Waals surface area contributed by atoms with Crippen LogP contribution < -0.4 is 0 Å². The SMILES string of the molecule is CN1C(=O)c2ccccc2C1=O.c1cnc2ncccc2c1. The number of rotatable bonds is 0. The summed E-state index contributed by atoms with van der Waals surface area (Å²) in [4.78, 5) is 31.9. The molecule has 108 valence electrons. The minimum Gasteiger partial charge on any atom is -0.277 e. The van der Waals surface area contributed by atoms with Gasteiger partial charge in [-0.25, -0.2) is 9.97 Å². The van der Waals surface area contributed by atoms with Crippen molar-refractivity contribution in [3.05, 3.63) is 72.1 Å². The third-order valence-corrected chi connectivity index (χ3v) is 3.37. The summed E-state index contributed by atoms with van der Waals surface area (Å²) in [6.45, 7) is 0. The third kappa shape index (κ3) is 2.44. The highest BCUT2D eigenvalue weighted by atomic mass is 16.2. The third-order valence-electron chi connectivity index (χ3n) is 3.37. The van der Waals surface area contributed by atoms with Gasteiger partial charge in [-0.3, -0.25) is 14.5 Å². The van der Waals surface area contributed by atoms with Crippen molar-refractivity contribution < 1.29 is 9.59 Å². The van der Waals surface area contributed by atoms with Crippen LogP contribution >= 0.6 is 0 Å². The molecule has 1 aliphatic rings. The molecule has 0 N–H and O–H groups in total. The lowest BCUT2D eigenvalue weighted by Crippen LogP contribution is -2.24. The summed E-state index contributed by atoms with van der Waals surface area (Å²) in [7, 11) is 1.49. The molecule has 2 aromatic heterocycles. The van der Waals surface area contributed by atoms with Crippen LogP contribution in [-0.4, -0.2) is 33.7 Å². The predicted octanol–water partition coefficient (Wildman–Crippen LogP) is 2.54. The Labute approximate surface area is 127 Å². The predicted molar refractivity (Wildman–Crippen MR) is 82.4 cm³/mol. The molecule has 2 amide bonds. The fourth-order valence-electron chi connectivity index (χ4n) is 2.22. The standard InChI is InChI=1S/C9H7NO2.C8H6N2/c1-10-8(11)6-4-2-3-5-7(6)9(10)12;1-3-7-4-2-6-10-8(7)9-5-1/h2-5H,1H3;1-6H. The highest BCUT2D eigenvalue weighted by molar-refractivity contribution is 6.21. The molecule has 22 heavy (non-hydrogen) atoms. The Hall–Kier alpha value is -3.08. The number of aromatic nitrogens is 2. The molecule has 0 saturated carbocycles. The van der Waals surface area contributed by atoms with E-state index in [4.69, 9.17) is 0 Å². The maximum atomic E-state index is 11.3. The smallest absolute Gasteiger partial charge is 0.261 e. The van der Waals surface area contributed by atoms with Gasteiger partial charge in [0.25, 0.3) is 11.8 Å². The van der Waals surface area contributed by atoms with E-state index in [9.17, 15) is 9.59 Å². The minimum absolute atomic E-state index is 0.212. The van der Waals surface area contributed by atoms with E-state index in [0.717, 1.165) is 15.9 Å². The second-order valence-corrected chi connectivity index (χ2v) is 4.77. The maximum Gasteiger partial charge on any atom is 0.261 e. The molecule has 0 saturated heterocycles. The van der Waals surface area contributed by atoms with Gasteiger partial charge in [0.05, 0.1) is 11.1 Å². The van der Waals surface area contributed by atoms with Gasteiger partial charge in [0.2, 0.25) is 0 Å². The van der Waals surface area contributed by atoms with Crippen molar-refractivity contribution >= 4 is 22.8 Å². The number of imide groups is 1. The van der Waals surface area contributed by atoms with Gasteiger partial charge in [0.15, 0.2) is 5.65 Å². The molecule has 1 aliphatic heterocycles. The van der Waals surface area contributed by atoms with Crippen LogP contribution in [0.2, 0.25) is 0 Å². The molecule has 3 aromatic rings. The van der Waals surface area contributed by atoms with Crippen molar-refractivity contribution in [3.8, 4) is 0 Å². The van der Waals surface area contributed by atoms with Gasteiger partial charge < -0.3 is 0 Å². The maximum absolute atomic E-state index is 11.3. The molecule has 1 aromatic carbocycles. The normalized spacial score (nSPS) is 12.9. The summed E-state index contributed by atoms with van der Waals surface area (Å²) in [5, 5.41) is 1.09. The number of benzene rings is 1. The van der Waals surface area contributed by atoms with Crippen LogP contribution in [0.3, 0.4) is 0 Å². The highest BCUT2D eigenvalue weighted by Crippen LogP contribution is 2.20. The number of hydrogen-bond acceptors (Lipinski definition) is 4. The molecule has 0 unspecified atom stereocenters. The fraction of sp³-hybridized carbons (Fsp3) is 0.0588. The molecule has 0 bridgehead atoms. The molecule has 4 rings (SSSR count). The Bertz CT molecular complexity index is 761. The Morgan fingerprint density at radius 1 is 0.773 bits per heavy atom. The summed E-state index contributed by atoms with van der Waals surface area (Å²) in [6.07, 6.45) is 3.49. The summed E-state index contributed by atoms with van der Waals surface area (Å²) >= 11 is 0. The number of pyridine rings is 2. The van der Waals surface area contributed by atoms with Crippen LogP contribution in [-0.2, 0) is 0 Å². The topological polar surface area (TPSA) is 63.2 Å². The summed E-state index contributed by atoms with van der Waals surface area (Å²) in [5.74, 6) is -0.425. The molecule has 0 radical (unpaired) electrons. The van der Waals surface area contributed by atoms with E-state index >= 15 is 0 Å². The average Bonchev–Trinajstić information content (AvgIpc) is 2.81. The molecule has 0 aliphatic carbocycles. The molecular formula is C17H13N3O2. The molecule has 5 nitrogen and oxygen atoms in total. The second-order valence-electron chi connectivity index (χ2n) is 4.77. The van der Waals surface area contributed by atoms with Gasteiger partial charge in [-0.1, -0.05) is 12.1 Å². The Morgan fingerprint density at radius 3 is 1.73 bits per heavy atom. The van der Waals surface area contributed by atoms with Crippen molar-refractivity contribution in [1.29, 1.82) is 0 Å². The number of hydrogen-bond donors (Lipinski definition) is 0. The lowest BCUT2D eigenvalue weighted by Gasteiger charge is -2.02. The molecule has 0 spiro atoms. The Kier molecular flexibility index (Phi) is 3.62. The van der Waals surface area contributed by atoms with E-state index in [-0.39, 0.29) is 11.8 Å². The summed E-state index contributed by atoms with van der Waals surface area (Å²) in [6, 6.07) is 14.6. The zero-order valence-electron chi connectivity index (χ0n) is 11.9.